The van der Waals surface area contributed by atoms with E-state index in [0.717, 1.165) is 38.0 Å². The molecule has 0 saturated carbocycles. The van der Waals surface area contributed by atoms with Crippen molar-refractivity contribution in [3.05, 3.63) is 35.2 Å². The van der Waals surface area contributed by atoms with E-state index < -0.39 is 5.97 Å². The molecule has 1 aromatic heterocycles. The van der Waals surface area contributed by atoms with Gasteiger partial charge >= 0.3 is 5.97 Å². The minimum atomic E-state index is -0.775. The van der Waals surface area contributed by atoms with Gasteiger partial charge in [-0.2, -0.15) is 4.98 Å². The van der Waals surface area contributed by atoms with Gasteiger partial charge in [-0.15, -0.1) is 0 Å². The summed E-state index contributed by atoms with van der Waals surface area (Å²) in [6.07, 6.45) is 2.66. The SMILES string of the molecule is CN(CC(=O)O)C1CCN(CCc2nc(-c3ccc(Cl)cc3)no2)CC1. The predicted molar refractivity (Wildman–Crippen MR) is 98.2 cm³/mol. The molecule has 26 heavy (non-hydrogen) atoms. The zero-order valence-electron chi connectivity index (χ0n) is 14.8. The molecule has 0 spiro atoms. The number of carbonyl (C=O) groups is 1. The van der Waals surface area contributed by atoms with E-state index in [0.29, 0.717) is 29.2 Å². The molecule has 0 unspecified atom stereocenters. The van der Waals surface area contributed by atoms with Gasteiger partial charge in [-0.05, 0) is 57.2 Å². The predicted octanol–water partition coefficient (Wildman–Crippen LogP) is 2.41. The second-order valence-corrected chi connectivity index (χ2v) is 7.09. The first kappa shape index (κ1) is 18.8. The van der Waals surface area contributed by atoms with Gasteiger partial charge in [-0.3, -0.25) is 9.69 Å². The van der Waals surface area contributed by atoms with Gasteiger partial charge in [0, 0.05) is 29.6 Å². The fourth-order valence-electron chi connectivity index (χ4n) is 3.25. The van der Waals surface area contributed by atoms with Crippen LogP contribution in [-0.2, 0) is 11.2 Å². The van der Waals surface area contributed by atoms with Crippen LogP contribution in [0.3, 0.4) is 0 Å². The van der Waals surface area contributed by atoms with Crippen molar-refractivity contribution in [1.82, 2.24) is 19.9 Å². The molecule has 1 aliphatic heterocycles. The summed E-state index contributed by atoms with van der Waals surface area (Å²) in [5, 5.41) is 13.6. The van der Waals surface area contributed by atoms with E-state index in [1.54, 1.807) is 12.1 Å². The number of nitrogens with zero attached hydrogens (tertiary/aromatic N) is 4. The minimum Gasteiger partial charge on any atom is -0.480 e. The molecule has 140 valence electrons. The Morgan fingerprint density at radius 1 is 1.35 bits per heavy atom. The van der Waals surface area contributed by atoms with E-state index in [1.165, 1.54) is 0 Å². The van der Waals surface area contributed by atoms with Crippen LogP contribution >= 0.6 is 11.6 Å². The van der Waals surface area contributed by atoms with Crippen LogP contribution in [0.25, 0.3) is 11.4 Å². The third-order valence-electron chi connectivity index (χ3n) is 4.78. The Kier molecular flexibility index (Phi) is 6.24. The second-order valence-electron chi connectivity index (χ2n) is 6.65. The van der Waals surface area contributed by atoms with Crippen LogP contribution in [0, 0.1) is 0 Å². The number of hydrogen-bond donors (Lipinski definition) is 1. The summed E-state index contributed by atoms with van der Waals surface area (Å²) in [5.74, 6) is 0.425. The molecule has 3 rings (SSSR count). The lowest BCUT2D eigenvalue weighted by Crippen LogP contribution is -2.45. The van der Waals surface area contributed by atoms with Gasteiger partial charge in [0.25, 0.3) is 0 Å². The normalized spacial score (nSPS) is 16.3. The first-order chi connectivity index (χ1) is 12.5. The molecule has 1 saturated heterocycles. The maximum Gasteiger partial charge on any atom is 0.317 e. The van der Waals surface area contributed by atoms with Crippen molar-refractivity contribution in [2.75, 3.05) is 33.2 Å². The van der Waals surface area contributed by atoms with Crippen LogP contribution in [0.2, 0.25) is 5.02 Å². The minimum absolute atomic E-state index is 0.0973. The van der Waals surface area contributed by atoms with Gasteiger partial charge in [-0.1, -0.05) is 16.8 Å². The fraction of sp³-hybridized carbons (Fsp3) is 0.500. The summed E-state index contributed by atoms with van der Waals surface area (Å²) in [6.45, 7) is 2.86. The number of rotatable bonds is 7. The molecule has 8 heteroatoms. The van der Waals surface area contributed by atoms with E-state index in [4.69, 9.17) is 21.2 Å². The molecular weight excluding hydrogens is 356 g/mol. The van der Waals surface area contributed by atoms with E-state index in [9.17, 15) is 4.79 Å². The van der Waals surface area contributed by atoms with Gasteiger partial charge in [0.05, 0.1) is 6.54 Å². The molecule has 1 aromatic carbocycles. The number of aromatic nitrogens is 2. The Balaban J connectivity index is 1.46. The molecule has 0 atom stereocenters. The standard InChI is InChI=1S/C18H23ClN4O3/c1-22(12-17(24)25)15-6-9-23(10-7-15)11-8-16-20-18(21-26-16)13-2-4-14(19)5-3-13/h2-5,15H,6-12H2,1H3,(H,24,25). The summed E-state index contributed by atoms with van der Waals surface area (Å²) in [5.41, 5.74) is 0.881. The lowest BCUT2D eigenvalue weighted by Gasteiger charge is -2.35. The number of carboxylic acids is 1. The maximum atomic E-state index is 10.8. The first-order valence-corrected chi connectivity index (χ1v) is 9.12. The summed E-state index contributed by atoms with van der Waals surface area (Å²) in [4.78, 5) is 19.5. The maximum absolute atomic E-state index is 10.8. The van der Waals surface area contributed by atoms with E-state index in [-0.39, 0.29) is 6.54 Å². The first-order valence-electron chi connectivity index (χ1n) is 8.74. The van der Waals surface area contributed by atoms with Crippen LogP contribution in [0.1, 0.15) is 18.7 Å². The number of piperidine rings is 1. The smallest absolute Gasteiger partial charge is 0.317 e. The van der Waals surface area contributed by atoms with Crippen LogP contribution < -0.4 is 0 Å². The highest BCUT2D eigenvalue weighted by Crippen LogP contribution is 2.19. The fourth-order valence-corrected chi connectivity index (χ4v) is 3.38. The molecular formula is C18H23ClN4O3. The quantitative estimate of drug-likeness (QED) is 0.792. The van der Waals surface area contributed by atoms with Gasteiger partial charge in [0.2, 0.25) is 11.7 Å². The number of benzene rings is 1. The molecule has 7 nitrogen and oxygen atoms in total. The largest absolute Gasteiger partial charge is 0.480 e. The molecule has 0 radical (unpaired) electrons. The van der Waals surface area contributed by atoms with Crippen LogP contribution in [0.4, 0.5) is 0 Å². The third kappa shape index (κ3) is 5.03. The summed E-state index contributed by atoms with van der Waals surface area (Å²) in [7, 11) is 1.88. The molecule has 0 amide bonds. The molecule has 1 aliphatic rings. The van der Waals surface area contributed by atoms with Crippen molar-refractivity contribution in [1.29, 1.82) is 0 Å². The number of likely N-dealkylation sites (N-methyl/N-ethyl adjacent to an activating group) is 1. The zero-order valence-corrected chi connectivity index (χ0v) is 15.5. The van der Waals surface area contributed by atoms with Crippen molar-refractivity contribution in [3.63, 3.8) is 0 Å². The van der Waals surface area contributed by atoms with Crippen molar-refractivity contribution in [2.45, 2.75) is 25.3 Å². The summed E-state index contributed by atoms with van der Waals surface area (Å²) in [6, 6.07) is 7.68. The zero-order chi connectivity index (χ0) is 18.5. The highest BCUT2D eigenvalue weighted by Gasteiger charge is 2.23. The summed E-state index contributed by atoms with van der Waals surface area (Å²) < 4.78 is 5.35. The Morgan fingerprint density at radius 2 is 2.04 bits per heavy atom. The van der Waals surface area contributed by atoms with Crippen LogP contribution in [0.15, 0.2) is 28.8 Å². The van der Waals surface area contributed by atoms with Crippen molar-refractivity contribution in [3.8, 4) is 11.4 Å². The second kappa shape index (κ2) is 8.62. The topological polar surface area (TPSA) is 82.7 Å². The molecule has 2 heterocycles. The average Bonchev–Trinajstić information content (AvgIpc) is 3.09. The molecule has 1 N–H and O–H groups in total. The average molecular weight is 379 g/mol. The van der Waals surface area contributed by atoms with E-state index >= 15 is 0 Å². The Bertz CT molecular complexity index is 726. The Morgan fingerprint density at radius 3 is 2.69 bits per heavy atom. The monoisotopic (exact) mass is 378 g/mol. The number of likely N-dealkylation sites (tertiary alicyclic amines) is 1. The third-order valence-corrected chi connectivity index (χ3v) is 5.03. The van der Waals surface area contributed by atoms with Crippen molar-refractivity contribution < 1.29 is 14.4 Å². The lowest BCUT2D eigenvalue weighted by molar-refractivity contribution is -0.138. The number of halogens is 1. The lowest BCUT2D eigenvalue weighted by atomic mass is 10.0. The molecule has 1 fully saturated rings. The Labute approximate surface area is 157 Å². The summed E-state index contributed by atoms with van der Waals surface area (Å²) >= 11 is 5.89. The van der Waals surface area contributed by atoms with Gasteiger partial charge in [0.1, 0.15) is 0 Å². The van der Waals surface area contributed by atoms with Gasteiger partial charge < -0.3 is 14.5 Å². The number of carboxylic acid groups (broad SMARTS) is 1. The number of aliphatic carboxylic acids is 1. The highest BCUT2D eigenvalue weighted by atomic mass is 35.5. The molecule has 0 bridgehead atoms. The van der Waals surface area contributed by atoms with Crippen molar-refractivity contribution in [2.24, 2.45) is 0 Å². The van der Waals surface area contributed by atoms with Crippen LogP contribution in [-0.4, -0.2) is 70.3 Å². The number of hydrogen-bond acceptors (Lipinski definition) is 6. The van der Waals surface area contributed by atoms with Gasteiger partial charge in [0.15, 0.2) is 0 Å². The van der Waals surface area contributed by atoms with Gasteiger partial charge in [-0.25, -0.2) is 0 Å². The highest BCUT2D eigenvalue weighted by molar-refractivity contribution is 6.30. The van der Waals surface area contributed by atoms with Crippen LogP contribution in [0.5, 0.6) is 0 Å². The Hall–Kier alpha value is -1.96. The molecule has 2 aromatic rings. The van der Waals surface area contributed by atoms with E-state index in [2.05, 4.69) is 15.0 Å². The van der Waals surface area contributed by atoms with Crippen molar-refractivity contribution >= 4 is 17.6 Å². The van der Waals surface area contributed by atoms with E-state index in [1.807, 2.05) is 24.1 Å². The molecule has 0 aliphatic carbocycles.